The number of nitrogens with zero attached hydrogens (tertiary/aromatic N) is 2. The molecule has 0 spiro atoms. The van der Waals surface area contributed by atoms with Crippen LogP contribution in [0.4, 0.5) is 0 Å². The van der Waals surface area contributed by atoms with Crippen LogP contribution in [0.25, 0.3) is 0 Å². The van der Waals surface area contributed by atoms with Crippen LogP contribution in [0.2, 0.25) is 0 Å². The fraction of sp³-hybridized carbons (Fsp3) is 0.320. The maximum absolute atomic E-state index is 13.0. The minimum atomic E-state index is -0.333. The number of methoxy groups -OCH3 is 1. The van der Waals surface area contributed by atoms with E-state index in [1.807, 2.05) is 55.5 Å². The molecule has 0 bridgehead atoms. The number of carbonyl (C=O) groups excluding carboxylic acids is 2. The third-order valence-electron chi connectivity index (χ3n) is 5.12. The van der Waals surface area contributed by atoms with E-state index in [2.05, 4.69) is 17.4 Å². The Balaban J connectivity index is 1.62. The molecule has 0 atom stereocenters. The molecule has 0 aliphatic rings. The second kappa shape index (κ2) is 11.1. The van der Waals surface area contributed by atoms with E-state index < -0.39 is 0 Å². The molecular weight excluding hydrogens is 406 g/mol. The highest BCUT2D eigenvalue weighted by molar-refractivity contribution is 5.94. The number of amides is 2. The normalized spacial score (nSPS) is 10.6. The van der Waals surface area contributed by atoms with Gasteiger partial charge in [-0.05, 0) is 43.2 Å². The summed E-state index contributed by atoms with van der Waals surface area (Å²) in [5.41, 5.74) is 2.86. The lowest BCUT2D eigenvalue weighted by molar-refractivity contribution is 0.0724. The largest absolute Gasteiger partial charge is 0.497 e. The van der Waals surface area contributed by atoms with Crippen molar-refractivity contribution in [2.75, 3.05) is 13.7 Å². The van der Waals surface area contributed by atoms with Gasteiger partial charge in [-0.2, -0.15) is 0 Å². The number of hydrogen-bond donors (Lipinski definition) is 1. The van der Waals surface area contributed by atoms with Gasteiger partial charge < -0.3 is 19.5 Å². The zero-order valence-electron chi connectivity index (χ0n) is 18.8. The summed E-state index contributed by atoms with van der Waals surface area (Å²) in [6, 6.07) is 16.5. The summed E-state index contributed by atoms with van der Waals surface area (Å²) in [7, 11) is 1.61. The lowest BCUT2D eigenvalue weighted by atomic mass is 10.1. The number of nitrogens with one attached hydrogen (secondary N) is 1. The zero-order chi connectivity index (χ0) is 22.9. The van der Waals surface area contributed by atoms with Crippen LogP contribution in [0, 0.1) is 6.92 Å². The third-order valence-corrected chi connectivity index (χ3v) is 5.12. The molecule has 2 aromatic carbocycles. The lowest BCUT2D eigenvalue weighted by Crippen LogP contribution is -2.31. The van der Waals surface area contributed by atoms with E-state index in [4.69, 9.17) is 9.26 Å². The fourth-order valence-corrected chi connectivity index (χ4v) is 3.18. The van der Waals surface area contributed by atoms with Gasteiger partial charge >= 0.3 is 0 Å². The molecule has 0 fully saturated rings. The molecule has 0 aliphatic carbocycles. The summed E-state index contributed by atoms with van der Waals surface area (Å²) < 4.78 is 10.5. The number of aromatic nitrogens is 1. The van der Waals surface area contributed by atoms with Crippen molar-refractivity contribution in [3.05, 3.63) is 82.7 Å². The molecule has 3 aromatic rings. The zero-order valence-corrected chi connectivity index (χ0v) is 18.8. The average Bonchev–Trinajstić information content (AvgIpc) is 3.29. The quantitative estimate of drug-likeness (QED) is 0.511. The highest BCUT2D eigenvalue weighted by Gasteiger charge is 2.19. The van der Waals surface area contributed by atoms with Crippen molar-refractivity contribution in [2.45, 2.75) is 39.8 Å². The number of benzene rings is 2. The van der Waals surface area contributed by atoms with Gasteiger partial charge in [-0.1, -0.05) is 48.3 Å². The Bertz CT molecular complexity index is 1030. The van der Waals surface area contributed by atoms with Gasteiger partial charge in [0.25, 0.3) is 11.8 Å². The number of rotatable bonds is 10. The van der Waals surface area contributed by atoms with Crippen LogP contribution in [0.5, 0.6) is 5.75 Å². The minimum Gasteiger partial charge on any atom is -0.497 e. The Morgan fingerprint density at radius 2 is 1.81 bits per heavy atom. The van der Waals surface area contributed by atoms with Crippen molar-refractivity contribution in [1.82, 2.24) is 15.4 Å². The molecule has 7 heteroatoms. The van der Waals surface area contributed by atoms with Gasteiger partial charge in [0.2, 0.25) is 0 Å². The van der Waals surface area contributed by atoms with E-state index in [0.29, 0.717) is 24.4 Å². The molecular formula is C25H29N3O4. The number of hydrogen-bond acceptors (Lipinski definition) is 5. The molecule has 0 aliphatic heterocycles. The topological polar surface area (TPSA) is 84.7 Å². The van der Waals surface area contributed by atoms with Gasteiger partial charge in [-0.3, -0.25) is 9.59 Å². The van der Waals surface area contributed by atoms with Crippen molar-refractivity contribution in [2.24, 2.45) is 0 Å². The third kappa shape index (κ3) is 6.20. The van der Waals surface area contributed by atoms with Crippen LogP contribution in [0.3, 0.4) is 0 Å². The second-order valence-electron chi connectivity index (χ2n) is 7.66. The van der Waals surface area contributed by atoms with Gasteiger partial charge in [0.15, 0.2) is 11.5 Å². The van der Waals surface area contributed by atoms with E-state index in [-0.39, 0.29) is 24.1 Å². The average molecular weight is 436 g/mol. The standard InChI is InChI=1S/C25H29N3O4/c1-4-5-14-28(25(30)20-10-6-18(2)7-11-20)17-22-15-23(27-32-22)24(29)26-16-19-8-12-21(31-3)13-9-19/h6-13,15H,4-5,14,16-17H2,1-3H3,(H,26,29). The maximum Gasteiger partial charge on any atom is 0.273 e. The molecule has 0 radical (unpaired) electrons. The molecule has 3 rings (SSSR count). The molecule has 0 unspecified atom stereocenters. The number of ether oxygens (including phenoxy) is 1. The van der Waals surface area contributed by atoms with Crippen molar-refractivity contribution in [3.8, 4) is 5.75 Å². The van der Waals surface area contributed by atoms with Crippen molar-refractivity contribution in [1.29, 1.82) is 0 Å². The van der Waals surface area contributed by atoms with Gasteiger partial charge in [0.1, 0.15) is 5.75 Å². The van der Waals surface area contributed by atoms with Crippen LogP contribution in [0.1, 0.15) is 57.5 Å². The second-order valence-corrected chi connectivity index (χ2v) is 7.66. The Morgan fingerprint density at radius 1 is 1.09 bits per heavy atom. The van der Waals surface area contributed by atoms with Crippen LogP contribution in [0.15, 0.2) is 59.1 Å². The van der Waals surface area contributed by atoms with E-state index in [1.54, 1.807) is 18.1 Å². The summed E-state index contributed by atoms with van der Waals surface area (Å²) in [6.45, 7) is 5.28. The number of unbranched alkanes of at least 4 members (excludes halogenated alkanes) is 1. The summed E-state index contributed by atoms with van der Waals surface area (Å²) in [5, 5.41) is 6.71. The molecule has 2 amide bonds. The van der Waals surface area contributed by atoms with Crippen LogP contribution >= 0.6 is 0 Å². The van der Waals surface area contributed by atoms with E-state index in [9.17, 15) is 9.59 Å². The Kier molecular flexibility index (Phi) is 8.02. The van der Waals surface area contributed by atoms with E-state index >= 15 is 0 Å². The van der Waals surface area contributed by atoms with Crippen molar-refractivity contribution in [3.63, 3.8) is 0 Å². The molecule has 1 N–H and O–H groups in total. The first kappa shape index (κ1) is 23.1. The van der Waals surface area contributed by atoms with E-state index in [0.717, 1.165) is 29.7 Å². The molecule has 0 saturated heterocycles. The van der Waals surface area contributed by atoms with Crippen LogP contribution in [-0.4, -0.2) is 35.5 Å². The lowest BCUT2D eigenvalue weighted by Gasteiger charge is -2.21. The number of aryl methyl sites for hydroxylation is 1. The molecule has 168 valence electrons. The summed E-state index contributed by atoms with van der Waals surface area (Å²) >= 11 is 0. The molecule has 1 aromatic heterocycles. The summed E-state index contributed by atoms with van der Waals surface area (Å²) in [4.78, 5) is 27.2. The smallest absolute Gasteiger partial charge is 0.273 e. The molecule has 32 heavy (non-hydrogen) atoms. The van der Waals surface area contributed by atoms with Gasteiger partial charge in [0, 0.05) is 24.7 Å². The highest BCUT2D eigenvalue weighted by atomic mass is 16.5. The summed E-state index contributed by atoms with van der Waals surface area (Å²) in [5.74, 6) is 0.825. The maximum atomic E-state index is 13.0. The van der Waals surface area contributed by atoms with Gasteiger partial charge in [-0.25, -0.2) is 0 Å². The molecule has 7 nitrogen and oxygen atoms in total. The first-order valence-corrected chi connectivity index (χ1v) is 10.7. The Labute approximate surface area is 188 Å². The van der Waals surface area contributed by atoms with Crippen molar-refractivity contribution < 1.29 is 18.8 Å². The fourth-order valence-electron chi connectivity index (χ4n) is 3.18. The monoisotopic (exact) mass is 435 g/mol. The number of carbonyl (C=O) groups is 2. The van der Waals surface area contributed by atoms with E-state index in [1.165, 1.54) is 0 Å². The Morgan fingerprint density at radius 3 is 2.47 bits per heavy atom. The van der Waals surface area contributed by atoms with Crippen molar-refractivity contribution >= 4 is 11.8 Å². The molecule has 1 heterocycles. The molecule has 0 saturated carbocycles. The van der Waals surface area contributed by atoms with Crippen LogP contribution < -0.4 is 10.1 Å². The predicted molar refractivity (Wildman–Crippen MR) is 121 cm³/mol. The van der Waals surface area contributed by atoms with Crippen LogP contribution in [-0.2, 0) is 13.1 Å². The van der Waals surface area contributed by atoms with Gasteiger partial charge in [0.05, 0.1) is 13.7 Å². The Hall–Kier alpha value is -3.61. The first-order chi connectivity index (χ1) is 15.5. The SMILES string of the molecule is CCCCN(Cc1cc(C(=O)NCc2ccc(OC)cc2)no1)C(=O)c1ccc(C)cc1. The summed E-state index contributed by atoms with van der Waals surface area (Å²) in [6.07, 6.45) is 1.84. The minimum absolute atomic E-state index is 0.0691. The first-order valence-electron chi connectivity index (χ1n) is 10.7. The highest BCUT2D eigenvalue weighted by Crippen LogP contribution is 2.14. The van der Waals surface area contributed by atoms with Gasteiger partial charge in [-0.15, -0.1) is 0 Å². The predicted octanol–water partition coefficient (Wildman–Crippen LogP) is 4.36.